The number of nitrogens with zero attached hydrogens (tertiary/aromatic N) is 3. The fourth-order valence-corrected chi connectivity index (χ4v) is 2.66. The molecule has 1 aromatic heterocycles. The molecule has 2 fully saturated rings. The van der Waals surface area contributed by atoms with Crippen LogP contribution in [-0.2, 0) is 0 Å². The SMILES string of the molecule is Cc1cc(N2C[C@H]3CNC[C@H]3C2)ncn1. The van der Waals surface area contributed by atoms with E-state index in [1.54, 1.807) is 6.33 Å². The first-order chi connectivity index (χ1) is 7.33. The number of aryl methyl sites for hydroxylation is 1. The molecule has 0 spiro atoms. The van der Waals surface area contributed by atoms with Crippen molar-refractivity contribution in [2.24, 2.45) is 11.8 Å². The monoisotopic (exact) mass is 204 g/mol. The maximum atomic E-state index is 4.34. The number of fused-ring (bicyclic) bond motifs is 1. The molecule has 0 aromatic carbocycles. The molecule has 4 nitrogen and oxygen atoms in total. The molecule has 0 bridgehead atoms. The molecule has 2 atom stereocenters. The number of hydrogen-bond acceptors (Lipinski definition) is 4. The van der Waals surface area contributed by atoms with Crippen molar-refractivity contribution in [3.05, 3.63) is 18.1 Å². The van der Waals surface area contributed by atoms with Gasteiger partial charge in [-0.05, 0) is 18.8 Å². The molecule has 0 unspecified atom stereocenters. The van der Waals surface area contributed by atoms with Gasteiger partial charge in [-0.3, -0.25) is 0 Å². The van der Waals surface area contributed by atoms with Crippen LogP contribution in [0.3, 0.4) is 0 Å². The molecule has 2 saturated heterocycles. The maximum absolute atomic E-state index is 4.34. The Hall–Kier alpha value is -1.16. The van der Waals surface area contributed by atoms with Crippen molar-refractivity contribution >= 4 is 5.82 Å². The molecule has 3 heterocycles. The van der Waals surface area contributed by atoms with Crippen molar-refractivity contribution in [3.8, 4) is 0 Å². The molecule has 80 valence electrons. The normalized spacial score (nSPS) is 29.5. The Kier molecular flexibility index (Phi) is 2.09. The van der Waals surface area contributed by atoms with Gasteiger partial charge in [0.15, 0.2) is 0 Å². The van der Waals surface area contributed by atoms with E-state index in [0.29, 0.717) is 0 Å². The predicted octanol–water partition coefficient (Wildman–Crippen LogP) is 0.441. The third-order valence-corrected chi connectivity index (χ3v) is 3.50. The smallest absolute Gasteiger partial charge is 0.132 e. The summed E-state index contributed by atoms with van der Waals surface area (Å²) in [5.41, 5.74) is 1.05. The number of anilines is 1. The summed E-state index contributed by atoms with van der Waals surface area (Å²) >= 11 is 0. The minimum atomic E-state index is 0.820. The summed E-state index contributed by atoms with van der Waals surface area (Å²) < 4.78 is 0. The van der Waals surface area contributed by atoms with E-state index < -0.39 is 0 Å². The lowest BCUT2D eigenvalue weighted by molar-refractivity contribution is 0.533. The highest BCUT2D eigenvalue weighted by atomic mass is 15.2. The van der Waals surface area contributed by atoms with E-state index in [1.807, 2.05) is 6.92 Å². The van der Waals surface area contributed by atoms with Crippen LogP contribution < -0.4 is 10.2 Å². The fraction of sp³-hybridized carbons (Fsp3) is 0.636. The lowest BCUT2D eigenvalue weighted by Crippen LogP contribution is -2.26. The minimum Gasteiger partial charge on any atom is -0.356 e. The molecule has 4 heteroatoms. The van der Waals surface area contributed by atoms with Crippen molar-refractivity contribution in [2.75, 3.05) is 31.1 Å². The molecule has 1 aromatic rings. The molecule has 0 saturated carbocycles. The van der Waals surface area contributed by atoms with Crippen LogP contribution in [0.1, 0.15) is 5.69 Å². The molecular formula is C11H16N4. The summed E-state index contributed by atoms with van der Waals surface area (Å²) in [6.45, 7) is 6.66. The Morgan fingerprint density at radius 1 is 1.27 bits per heavy atom. The van der Waals surface area contributed by atoms with Gasteiger partial charge >= 0.3 is 0 Å². The summed E-state index contributed by atoms with van der Waals surface area (Å²) in [6.07, 6.45) is 1.66. The second-order valence-electron chi connectivity index (χ2n) is 4.60. The van der Waals surface area contributed by atoms with E-state index in [4.69, 9.17) is 0 Å². The van der Waals surface area contributed by atoms with Gasteiger partial charge in [-0.15, -0.1) is 0 Å². The first-order valence-electron chi connectivity index (χ1n) is 5.57. The molecule has 3 rings (SSSR count). The summed E-state index contributed by atoms with van der Waals surface area (Å²) in [5, 5.41) is 3.45. The highest BCUT2D eigenvalue weighted by Crippen LogP contribution is 2.29. The minimum absolute atomic E-state index is 0.820. The average Bonchev–Trinajstić information content (AvgIpc) is 2.76. The summed E-state index contributed by atoms with van der Waals surface area (Å²) in [6, 6.07) is 2.08. The Bertz CT molecular complexity index is 353. The Morgan fingerprint density at radius 3 is 2.67 bits per heavy atom. The maximum Gasteiger partial charge on any atom is 0.132 e. The van der Waals surface area contributed by atoms with E-state index in [9.17, 15) is 0 Å². The van der Waals surface area contributed by atoms with Crippen LogP contribution in [0.15, 0.2) is 12.4 Å². The molecule has 0 aliphatic carbocycles. The van der Waals surface area contributed by atoms with Crippen molar-refractivity contribution in [1.82, 2.24) is 15.3 Å². The molecular weight excluding hydrogens is 188 g/mol. The van der Waals surface area contributed by atoms with Crippen molar-refractivity contribution < 1.29 is 0 Å². The number of hydrogen-bond donors (Lipinski definition) is 1. The van der Waals surface area contributed by atoms with Crippen LogP contribution in [0.5, 0.6) is 0 Å². The number of aromatic nitrogens is 2. The van der Waals surface area contributed by atoms with E-state index >= 15 is 0 Å². The van der Waals surface area contributed by atoms with Crippen molar-refractivity contribution in [1.29, 1.82) is 0 Å². The largest absolute Gasteiger partial charge is 0.356 e. The van der Waals surface area contributed by atoms with Crippen LogP contribution >= 0.6 is 0 Å². The standard InChI is InChI=1S/C11H16N4/c1-8-2-11(14-7-13-8)15-5-9-3-12-4-10(9)6-15/h2,7,9-10,12H,3-6H2,1H3/t9-,10+. The van der Waals surface area contributed by atoms with Gasteiger partial charge in [0.1, 0.15) is 12.1 Å². The summed E-state index contributed by atoms with van der Waals surface area (Å²) in [7, 11) is 0. The zero-order valence-corrected chi connectivity index (χ0v) is 8.98. The Labute approximate surface area is 89.7 Å². The topological polar surface area (TPSA) is 41.0 Å². The molecule has 0 radical (unpaired) electrons. The second-order valence-corrected chi connectivity index (χ2v) is 4.60. The van der Waals surface area contributed by atoms with Crippen LogP contribution in [-0.4, -0.2) is 36.1 Å². The summed E-state index contributed by atoms with van der Waals surface area (Å²) in [5.74, 6) is 2.73. The number of nitrogens with one attached hydrogen (secondary N) is 1. The highest BCUT2D eigenvalue weighted by Gasteiger charge is 2.36. The molecule has 15 heavy (non-hydrogen) atoms. The second kappa shape index (κ2) is 3.45. The van der Waals surface area contributed by atoms with E-state index in [-0.39, 0.29) is 0 Å². The van der Waals surface area contributed by atoms with Crippen molar-refractivity contribution in [2.45, 2.75) is 6.92 Å². The predicted molar refractivity (Wildman–Crippen MR) is 58.8 cm³/mol. The number of rotatable bonds is 1. The molecule has 2 aliphatic rings. The van der Waals surface area contributed by atoms with E-state index in [1.165, 1.54) is 13.1 Å². The van der Waals surface area contributed by atoms with Gasteiger partial charge in [0, 0.05) is 37.9 Å². The zero-order chi connectivity index (χ0) is 10.3. The highest BCUT2D eigenvalue weighted by molar-refractivity contribution is 5.40. The fourth-order valence-electron chi connectivity index (χ4n) is 2.66. The first kappa shape index (κ1) is 9.09. The van der Waals surface area contributed by atoms with Gasteiger partial charge < -0.3 is 10.2 Å². The van der Waals surface area contributed by atoms with Crippen LogP contribution in [0.2, 0.25) is 0 Å². The van der Waals surface area contributed by atoms with Gasteiger partial charge in [0.25, 0.3) is 0 Å². The van der Waals surface area contributed by atoms with Gasteiger partial charge in [-0.25, -0.2) is 9.97 Å². The zero-order valence-electron chi connectivity index (χ0n) is 8.98. The molecule has 0 amide bonds. The summed E-state index contributed by atoms with van der Waals surface area (Å²) in [4.78, 5) is 10.9. The first-order valence-corrected chi connectivity index (χ1v) is 5.57. The van der Waals surface area contributed by atoms with Crippen LogP contribution in [0.4, 0.5) is 5.82 Å². The van der Waals surface area contributed by atoms with Gasteiger partial charge in [-0.1, -0.05) is 0 Å². The third kappa shape index (κ3) is 1.59. The van der Waals surface area contributed by atoms with Gasteiger partial charge in [0.2, 0.25) is 0 Å². The van der Waals surface area contributed by atoms with Gasteiger partial charge in [-0.2, -0.15) is 0 Å². The van der Waals surface area contributed by atoms with E-state index in [2.05, 4.69) is 26.3 Å². The Balaban J connectivity index is 1.79. The third-order valence-electron chi connectivity index (χ3n) is 3.50. The van der Waals surface area contributed by atoms with Crippen LogP contribution in [0, 0.1) is 18.8 Å². The quantitative estimate of drug-likeness (QED) is 0.720. The molecule has 2 aliphatic heterocycles. The molecule has 1 N–H and O–H groups in total. The Morgan fingerprint density at radius 2 is 2.00 bits per heavy atom. The lowest BCUT2D eigenvalue weighted by Gasteiger charge is -2.18. The van der Waals surface area contributed by atoms with Gasteiger partial charge in [0.05, 0.1) is 0 Å². The van der Waals surface area contributed by atoms with Crippen LogP contribution in [0.25, 0.3) is 0 Å². The van der Waals surface area contributed by atoms with Crippen molar-refractivity contribution in [3.63, 3.8) is 0 Å². The lowest BCUT2D eigenvalue weighted by atomic mass is 10.0. The average molecular weight is 204 g/mol. The van der Waals surface area contributed by atoms with E-state index in [0.717, 1.165) is 36.4 Å².